The van der Waals surface area contributed by atoms with Crippen LogP contribution in [0.2, 0.25) is 5.02 Å². The van der Waals surface area contributed by atoms with Crippen LogP contribution in [0.25, 0.3) is 0 Å². The fraction of sp³-hybridized carbons (Fsp3) is 0.533. The van der Waals surface area contributed by atoms with Crippen LogP contribution in [0.3, 0.4) is 0 Å². The molecule has 2 nitrogen and oxygen atoms in total. The van der Waals surface area contributed by atoms with Crippen molar-refractivity contribution in [3.8, 4) is 0 Å². The quantitative estimate of drug-likeness (QED) is 0.807. The van der Waals surface area contributed by atoms with Crippen LogP contribution in [0.4, 0.5) is 0 Å². The molecule has 0 N–H and O–H groups in total. The van der Waals surface area contributed by atoms with E-state index in [-0.39, 0.29) is 11.9 Å². The molecule has 1 fully saturated rings. The first kappa shape index (κ1) is 13.4. The first-order valence-corrected chi connectivity index (χ1v) is 7.00. The molecule has 18 heavy (non-hydrogen) atoms. The van der Waals surface area contributed by atoms with Gasteiger partial charge in [0.15, 0.2) is 0 Å². The van der Waals surface area contributed by atoms with E-state index >= 15 is 0 Å². The van der Waals surface area contributed by atoms with E-state index in [1.54, 1.807) is 0 Å². The fourth-order valence-corrected chi connectivity index (χ4v) is 2.70. The van der Waals surface area contributed by atoms with Crippen LogP contribution in [0, 0.1) is 5.92 Å². The van der Waals surface area contributed by atoms with Crippen molar-refractivity contribution < 1.29 is 4.79 Å². The van der Waals surface area contributed by atoms with Gasteiger partial charge in [-0.3, -0.25) is 4.79 Å². The third kappa shape index (κ3) is 3.05. The van der Waals surface area contributed by atoms with Gasteiger partial charge in [0.2, 0.25) is 5.91 Å². The topological polar surface area (TPSA) is 20.3 Å². The average molecular weight is 266 g/mol. The van der Waals surface area contributed by atoms with Gasteiger partial charge in [-0.1, -0.05) is 37.6 Å². The fourth-order valence-electron chi connectivity index (χ4n) is 2.57. The Morgan fingerprint density at radius 2 is 2.00 bits per heavy atom. The Kier molecular flexibility index (Phi) is 4.28. The van der Waals surface area contributed by atoms with Crippen molar-refractivity contribution >= 4 is 17.5 Å². The summed E-state index contributed by atoms with van der Waals surface area (Å²) in [6.07, 6.45) is 2.73. The maximum atomic E-state index is 12.1. The number of piperidine rings is 1. The first-order valence-electron chi connectivity index (χ1n) is 6.63. The Bertz CT molecular complexity index is 413. The van der Waals surface area contributed by atoms with Gasteiger partial charge in [0.1, 0.15) is 0 Å². The third-order valence-corrected chi connectivity index (χ3v) is 3.63. The molecule has 1 heterocycles. The minimum absolute atomic E-state index is 0.228. The van der Waals surface area contributed by atoms with Crippen LogP contribution in [0.1, 0.15) is 44.7 Å². The minimum atomic E-state index is 0.228. The van der Waals surface area contributed by atoms with E-state index in [9.17, 15) is 4.79 Å². The Balaban J connectivity index is 2.22. The predicted octanol–water partition coefficient (Wildman–Crippen LogP) is 4.05. The van der Waals surface area contributed by atoms with Gasteiger partial charge in [-0.2, -0.15) is 0 Å². The lowest BCUT2D eigenvalue weighted by Gasteiger charge is -2.37. The predicted molar refractivity (Wildman–Crippen MR) is 74.6 cm³/mol. The molecule has 0 saturated carbocycles. The summed E-state index contributed by atoms with van der Waals surface area (Å²) in [6.45, 7) is 5.15. The largest absolute Gasteiger partial charge is 0.335 e. The Morgan fingerprint density at radius 3 is 2.61 bits per heavy atom. The molecule has 1 amide bonds. The molecular formula is C15H20ClNO. The number of hydrogen-bond donors (Lipinski definition) is 0. The van der Waals surface area contributed by atoms with Crippen LogP contribution in [-0.2, 0) is 4.79 Å². The van der Waals surface area contributed by atoms with Crippen molar-refractivity contribution in [2.24, 2.45) is 5.92 Å². The number of carbonyl (C=O) groups excluding carboxylic acids is 1. The first-order chi connectivity index (χ1) is 8.58. The Morgan fingerprint density at radius 1 is 1.33 bits per heavy atom. The van der Waals surface area contributed by atoms with Crippen LogP contribution in [-0.4, -0.2) is 17.4 Å². The van der Waals surface area contributed by atoms with Crippen LogP contribution in [0.15, 0.2) is 24.3 Å². The molecule has 98 valence electrons. The average Bonchev–Trinajstić information content (AvgIpc) is 2.32. The van der Waals surface area contributed by atoms with E-state index in [1.165, 1.54) is 5.56 Å². The number of benzene rings is 1. The molecule has 0 bridgehead atoms. The summed E-state index contributed by atoms with van der Waals surface area (Å²) in [5, 5.41) is 0.747. The number of amides is 1. The molecule has 1 aliphatic rings. The number of halogens is 1. The molecule has 0 aliphatic carbocycles. The second-order valence-electron chi connectivity index (χ2n) is 5.40. The van der Waals surface area contributed by atoms with E-state index in [1.807, 2.05) is 29.2 Å². The summed E-state index contributed by atoms with van der Waals surface area (Å²) in [7, 11) is 0. The van der Waals surface area contributed by atoms with Crippen LogP contribution in [0.5, 0.6) is 0 Å². The zero-order chi connectivity index (χ0) is 13.1. The summed E-state index contributed by atoms with van der Waals surface area (Å²) in [4.78, 5) is 14.1. The molecule has 0 radical (unpaired) electrons. The minimum Gasteiger partial charge on any atom is -0.335 e. The summed E-state index contributed by atoms with van der Waals surface area (Å²) >= 11 is 5.92. The van der Waals surface area contributed by atoms with E-state index in [0.29, 0.717) is 12.3 Å². The van der Waals surface area contributed by atoms with Crippen molar-refractivity contribution in [2.45, 2.75) is 39.2 Å². The normalized spacial score (nSPS) is 20.6. The molecule has 3 heteroatoms. The maximum absolute atomic E-state index is 12.1. The highest BCUT2D eigenvalue weighted by atomic mass is 35.5. The highest BCUT2D eigenvalue weighted by Crippen LogP contribution is 2.32. The zero-order valence-corrected chi connectivity index (χ0v) is 11.8. The lowest BCUT2D eigenvalue weighted by Crippen LogP contribution is -2.40. The standard InChI is InChI=1S/C15H20ClNO/c1-11(2)10-17-14(4-3-5-15(17)18)12-6-8-13(16)9-7-12/h6-9,11,14H,3-5,10H2,1-2H3/t14-/m0/s1. The highest BCUT2D eigenvalue weighted by molar-refractivity contribution is 6.30. The highest BCUT2D eigenvalue weighted by Gasteiger charge is 2.29. The van der Waals surface area contributed by atoms with Crippen molar-refractivity contribution in [1.29, 1.82) is 0 Å². The van der Waals surface area contributed by atoms with Crippen LogP contribution < -0.4 is 0 Å². The smallest absolute Gasteiger partial charge is 0.223 e. The molecular weight excluding hydrogens is 246 g/mol. The third-order valence-electron chi connectivity index (χ3n) is 3.38. The second-order valence-corrected chi connectivity index (χ2v) is 5.84. The molecule has 0 unspecified atom stereocenters. The van der Waals surface area contributed by atoms with Gasteiger partial charge >= 0.3 is 0 Å². The molecule has 1 aromatic rings. The van der Waals surface area contributed by atoms with Crippen molar-refractivity contribution in [3.63, 3.8) is 0 Å². The molecule has 1 aromatic carbocycles. The molecule has 0 aromatic heterocycles. The summed E-state index contributed by atoms with van der Waals surface area (Å²) in [5.41, 5.74) is 1.20. The number of likely N-dealkylation sites (tertiary alicyclic amines) is 1. The Labute approximate surface area is 114 Å². The van der Waals surface area contributed by atoms with E-state index in [4.69, 9.17) is 11.6 Å². The van der Waals surface area contributed by atoms with Crippen molar-refractivity contribution in [2.75, 3.05) is 6.54 Å². The van der Waals surface area contributed by atoms with Gasteiger partial charge in [-0.15, -0.1) is 0 Å². The summed E-state index contributed by atoms with van der Waals surface area (Å²) in [5.74, 6) is 0.789. The van der Waals surface area contributed by atoms with E-state index < -0.39 is 0 Å². The number of rotatable bonds is 3. The number of nitrogens with zero attached hydrogens (tertiary/aromatic N) is 1. The summed E-state index contributed by atoms with van der Waals surface area (Å²) in [6, 6.07) is 8.12. The van der Waals surface area contributed by atoms with Gasteiger partial charge in [0, 0.05) is 18.0 Å². The molecule has 2 rings (SSSR count). The lowest BCUT2D eigenvalue weighted by atomic mass is 9.94. The monoisotopic (exact) mass is 265 g/mol. The van der Waals surface area contributed by atoms with E-state index in [0.717, 1.165) is 24.4 Å². The van der Waals surface area contributed by atoms with Crippen molar-refractivity contribution in [3.05, 3.63) is 34.9 Å². The van der Waals surface area contributed by atoms with Gasteiger partial charge in [-0.25, -0.2) is 0 Å². The van der Waals surface area contributed by atoms with Gasteiger partial charge < -0.3 is 4.90 Å². The number of carbonyl (C=O) groups is 1. The van der Waals surface area contributed by atoms with E-state index in [2.05, 4.69) is 13.8 Å². The Hall–Kier alpha value is -1.02. The van der Waals surface area contributed by atoms with Gasteiger partial charge in [0.05, 0.1) is 6.04 Å². The zero-order valence-electron chi connectivity index (χ0n) is 11.0. The van der Waals surface area contributed by atoms with Gasteiger partial charge in [-0.05, 0) is 36.5 Å². The molecule has 1 atom stereocenters. The summed E-state index contributed by atoms with van der Waals surface area (Å²) < 4.78 is 0. The second kappa shape index (κ2) is 5.75. The maximum Gasteiger partial charge on any atom is 0.223 e. The lowest BCUT2D eigenvalue weighted by molar-refractivity contribution is -0.137. The van der Waals surface area contributed by atoms with Crippen LogP contribution >= 0.6 is 11.6 Å². The van der Waals surface area contributed by atoms with Crippen molar-refractivity contribution in [1.82, 2.24) is 4.90 Å². The van der Waals surface area contributed by atoms with Gasteiger partial charge in [0.25, 0.3) is 0 Å². The number of hydrogen-bond acceptors (Lipinski definition) is 1. The molecule has 1 aliphatic heterocycles. The SMILES string of the molecule is CC(C)CN1C(=O)CCC[C@H]1c1ccc(Cl)cc1. The molecule has 1 saturated heterocycles. The molecule has 0 spiro atoms.